The summed E-state index contributed by atoms with van der Waals surface area (Å²) in [5.41, 5.74) is 1.68. The fraction of sp³-hybridized carbons (Fsp3) is 0.500. The first kappa shape index (κ1) is 7.17. The van der Waals surface area contributed by atoms with Crippen LogP contribution < -0.4 is 5.32 Å². The minimum absolute atomic E-state index is 0.550. The molecule has 4 heteroatoms. The molecule has 1 saturated carbocycles. The Morgan fingerprint density at radius 2 is 2.42 bits per heavy atom. The van der Waals surface area contributed by atoms with Crippen LogP contribution in [0.1, 0.15) is 30.0 Å². The number of anilines is 1. The van der Waals surface area contributed by atoms with Gasteiger partial charge in [0.05, 0.1) is 5.69 Å². The number of H-pyrrole nitrogens is 1. The van der Waals surface area contributed by atoms with Crippen LogP contribution in [-0.2, 0) is 0 Å². The lowest BCUT2D eigenvalue weighted by atomic mass is 10.2. The van der Waals surface area contributed by atoms with Gasteiger partial charge in [-0.3, -0.25) is 5.10 Å². The highest BCUT2D eigenvalue weighted by atomic mass is 15.2. The average molecular weight is 162 g/mol. The quantitative estimate of drug-likeness (QED) is 0.686. The Hall–Kier alpha value is -1.50. The Bertz CT molecular complexity index is 329. The van der Waals surface area contributed by atoms with E-state index in [1.165, 1.54) is 12.8 Å². The first-order valence-corrected chi connectivity index (χ1v) is 4.03. The van der Waals surface area contributed by atoms with E-state index in [4.69, 9.17) is 5.26 Å². The lowest BCUT2D eigenvalue weighted by molar-refractivity contribution is 0.963. The maximum atomic E-state index is 8.85. The number of aromatic amines is 1. The fourth-order valence-corrected chi connectivity index (χ4v) is 1.32. The third-order valence-corrected chi connectivity index (χ3v) is 2.13. The molecule has 4 nitrogen and oxygen atoms in total. The van der Waals surface area contributed by atoms with Gasteiger partial charge in [0.25, 0.3) is 0 Å². The molecule has 0 aliphatic heterocycles. The van der Waals surface area contributed by atoms with Crippen LogP contribution in [0.3, 0.4) is 0 Å². The third-order valence-electron chi connectivity index (χ3n) is 2.13. The van der Waals surface area contributed by atoms with Crippen molar-refractivity contribution in [1.29, 1.82) is 5.26 Å². The molecule has 0 unspecified atom stereocenters. The van der Waals surface area contributed by atoms with Crippen LogP contribution in [0.2, 0.25) is 0 Å². The highest BCUT2D eigenvalue weighted by molar-refractivity contribution is 5.55. The van der Waals surface area contributed by atoms with Crippen molar-refractivity contribution in [3.63, 3.8) is 0 Å². The minimum Gasteiger partial charge on any atom is -0.371 e. The molecule has 1 fully saturated rings. The van der Waals surface area contributed by atoms with Gasteiger partial charge >= 0.3 is 0 Å². The average Bonchev–Trinajstić information content (AvgIpc) is 2.85. The van der Waals surface area contributed by atoms with Gasteiger partial charge in [0.15, 0.2) is 5.82 Å². The van der Waals surface area contributed by atoms with Gasteiger partial charge in [-0.15, -0.1) is 0 Å². The maximum Gasteiger partial charge on any atom is 0.165 e. The number of rotatable bonds is 2. The molecule has 62 valence electrons. The van der Waals surface area contributed by atoms with E-state index in [1.807, 2.05) is 0 Å². The van der Waals surface area contributed by atoms with Crippen LogP contribution in [0.4, 0.5) is 5.82 Å². The zero-order valence-electron chi connectivity index (χ0n) is 6.89. The van der Waals surface area contributed by atoms with Crippen LogP contribution in [0.25, 0.3) is 0 Å². The highest BCUT2D eigenvalue weighted by Crippen LogP contribution is 2.41. The summed E-state index contributed by atoms with van der Waals surface area (Å²) in [6.45, 7) is 0. The van der Waals surface area contributed by atoms with E-state index in [2.05, 4.69) is 21.6 Å². The molecule has 0 atom stereocenters. The first-order chi connectivity index (χ1) is 5.86. The van der Waals surface area contributed by atoms with E-state index in [1.54, 1.807) is 7.05 Å². The Morgan fingerprint density at radius 3 is 2.92 bits per heavy atom. The first-order valence-electron chi connectivity index (χ1n) is 4.03. The lowest BCUT2D eigenvalue weighted by Crippen LogP contribution is -1.91. The number of hydrogen-bond donors (Lipinski definition) is 2. The van der Waals surface area contributed by atoms with E-state index in [0.717, 1.165) is 5.69 Å². The molecule has 1 aromatic heterocycles. The molecule has 1 aromatic rings. The van der Waals surface area contributed by atoms with Gasteiger partial charge in [0, 0.05) is 13.0 Å². The maximum absolute atomic E-state index is 8.85. The van der Waals surface area contributed by atoms with Crippen molar-refractivity contribution in [3.05, 3.63) is 11.3 Å². The molecule has 2 N–H and O–H groups in total. The van der Waals surface area contributed by atoms with E-state index in [0.29, 0.717) is 17.3 Å². The van der Waals surface area contributed by atoms with E-state index in [9.17, 15) is 0 Å². The zero-order valence-corrected chi connectivity index (χ0v) is 6.89. The normalized spacial score (nSPS) is 15.7. The second-order valence-corrected chi connectivity index (χ2v) is 3.00. The summed E-state index contributed by atoms with van der Waals surface area (Å²) in [6.07, 6.45) is 2.36. The van der Waals surface area contributed by atoms with Crippen LogP contribution >= 0.6 is 0 Å². The second-order valence-electron chi connectivity index (χ2n) is 3.00. The number of nitrogens with zero attached hydrogens (tertiary/aromatic N) is 2. The molecule has 1 aliphatic carbocycles. The van der Waals surface area contributed by atoms with Crippen molar-refractivity contribution in [1.82, 2.24) is 10.2 Å². The monoisotopic (exact) mass is 162 g/mol. The smallest absolute Gasteiger partial charge is 0.165 e. The van der Waals surface area contributed by atoms with Crippen LogP contribution in [0.15, 0.2) is 0 Å². The summed E-state index contributed by atoms with van der Waals surface area (Å²) in [7, 11) is 1.77. The van der Waals surface area contributed by atoms with Crippen LogP contribution in [0, 0.1) is 11.3 Å². The summed E-state index contributed by atoms with van der Waals surface area (Å²) < 4.78 is 0. The van der Waals surface area contributed by atoms with Crippen molar-refractivity contribution in [2.45, 2.75) is 18.8 Å². The molecule has 0 bridgehead atoms. The molecule has 1 aliphatic rings. The predicted octanol–water partition coefficient (Wildman–Crippen LogP) is 1.20. The van der Waals surface area contributed by atoms with Gasteiger partial charge in [0.2, 0.25) is 0 Å². The van der Waals surface area contributed by atoms with Crippen LogP contribution in [-0.4, -0.2) is 17.2 Å². The molecule has 2 rings (SSSR count). The summed E-state index contributed by atoms with van der Waals surface area (Å²) in [4.78, 5) is 0. The van der Waals surface area contributed by atoms with Gasteiger partial charge in [-0.25, -0.2) is 0 Å². The van der Waals surface area contributed by atoms with Crippen molar-refractivity contribution < 1.29 is 0 Å². The second kappa shape index (κ2) is 2.52. The molecule has 0 saturated heterocycles. The molecule has 0 spiro atoms. The van der Waals surface area contributed by atoms with Crippen molar-refractivity contribution >= 4 is 5.82 Å². The summed E-state index contributed by atoms with van der Waals surface area (Å²) in [5, 5.41) is 18.6. The van der Waals surface area contributed by atoms with Gasteiger partial charge < -0.3 is 5.32 Å². The number of aromatic nitrogens is 2. The topological polar surface area (TPSA) is 64.5 Å². The van der Waals surface area contributed by atoms with E-state index >= 15 is 0 Å². The third kappa shape index (κ3) is 0.944. The number of nitrogens with one attached hydrogen (secondary N) is 2. The molecule has 0 radical (unpaired) electrons. The highest BCUT2D eigenvalue weighted by Gasteiger charge is 2.29. The molecule has 0 amide bonds. The predicted molar refractivity (Wildman–Crippen MR) is 44.8 cm³/mol. The van der Waals surface area contributed by atoms with E-state index < -0.39 is 0 Å². The Balaban J connectivity index is 2.42. The Labute approximate surface area is 70.6 Å². The molecular weight excluding hydrogens is 152 g/mol. The van der Waals surface area contributed by atoms with Gasteiger partial charge in [-0.05, 0) is 12.8 Å². The minimum atomic E-state index is 0.550. The van der Waals surface area contributed by atoms with Gasteiger partial charge in [-0.2, -0.15) is 10.4 Å². The molecular formula is C8H10N4. The van der Waals surface area contributed by atoms with Gasteiger partial charge in [0.1, 0.15) is 11.6 Å². The number of nitriles is 1. The largest absolute Gasteiger partial charge is 0.371 e. The van der Waals surface area contributed by atoms with Crippen LogP contribution in [0.5, 0.6) is 0 Å². The molecule has 12 heavy (non-hydrogen) atoms. The van der Waals surface area contributed by atoms with Gasteiger partial charge in [-0.1, -0.05) is 0 Å². The summed E-state index contributed by atoms with van der Waals surface area (Å²) in [5.74, 6) is 1.22. The molecule has 0 aromatic carbocycles. The van der Waals surface area contributed by atoms with Crippen molar-refractivity contribution in [2.75, 3.05) is 12.4 Å². The summed E-state index contributed by atoms with van der Waals surface area (Å²) >= 11 is 0. The molecule has 1 heterocycles. The summed E-state index contributed by atoms with van der Waals surface area (Å²) in [6, 6.07) is 2.16. The van der Waals surface area contributed by atoms with E-state index in [-0.39, 0.29) is 0 Å². The Kier molecular flexibility index (Phi) is 1.51. The zero-order chi connectivity index (χ0) is 8.55. The standard InChI is InChI=1S/C8H10N4/c1-10-8-6(4-9)7(11-12-8)5-2-3-5/h5H,2-3H2,1H3,(H2,10,11,12). The number of hydrogen-bond acceptors (Lipinski definition) is 3. The van der Waals surface area contributed by atoms with Crippen molar-refractivity contribution in [2.24, 2.45) is 0 Å². The Morgan fingerprint density at radius 1 is 1.67 bits per heavy atom. The SMILES string of the molecule is CNc1n[nH]c(C2CC2)c1C#N. The fourth-order valence-electron chi connectivity index (χ4n) is 1.32. The lowest BCUT2D eigenvalue weighted by Gasteiger charge is -1.93. The van der Waals surface area contributed by atoms with Crippen molar-refractivity contribution in [3.8, 4) is 6.07 Å².